The van der Waals surface area contributed by atoms with Crippen LogP contribution in [0.4, 0.5) is 0 Å². The van der Waals surface area contributed by atoms with Gasteiger partial charge < -0.3 is 4.43 Å². The zero-order chi connectivity index (χ0) is 12.6. The number of hydrogen-bond donors (Lipinski definition) is 0. The van der Waals surface area contributed by atoms with E-state index in [4.69, 9.17) is 4.43 Å². The van der Waals surface area contributed by atoms with Gasteiger partial charge in [0.1, 0.15) is 0 Å². The van der Waals surface area contributed by atoms with E-state index in [2.05, 4.69) is 59.9 Å². The van der Waals surface area contributed by atoms with Gasteiger partial charge in [0.15, 0.2) is 8.32 Å². The minimum atomic E-state index is -1.62. The summed E-state index contributed by atoms with van der Waals surface area (Å²) in [6.45, 7) is 16.3. The van der Waals surface area contributed by atoms with Crippen molar-refractivity contribution in [2.75, 3.05) is 0 Å². The Labute approximate surface area is 102 Å². The van der Waals surface area contributed by atoms with E-state index in [9.17, 15) is 0 Å². The molecule has 0 aromatic rings. The molecule has 0 N–H and O–H groups in total. The quantitative estimate of drug-likeness (QED) is 0.500. The monoisotopic (exact) mass is 240 g/mol. The van der Waals surface area contributed by atoms with Crippen molar-refractivity contribution in [2.45, 2.75) is 71.7 Å². The van der Waals surface area contributed by atoms with Crippen LogP contribution in [0.2, 0.25) is 18.1 Å². The smallest absolute Gasteiger partial charge is 0.192 e. The van der Waals surface area contributed by atoms with Gasteiger partial charge in [-0.3, -0.25) is 0 Å². The average molecular weight is 240 g/mol. The molecule has 0 bridgehead atoms. The van der Waals surface area contributed by atoms with Crippen LogP contribution in [0.15, 0.2) is 12.2 Å². The van der Waals surface area contributed by atoms with Gasteiger partial charge >= 0.3 is 0 Å². The minimum Gasteiger partial charge on any atom is -0.413 e. The summed E-state index contributed by atoms with van der Waals surface area (Å²) < 4.78 is 6.55. The Morgan fingerprint density at radius 2 is 1.75 bits per heavy atom. The molecule has 16 heavy (non-hydrogen) atoms. The van der Waals surface area contributed by atoms with Gasteiger partial charge in [0.25, 0.3) is 0 Å². The van der Waals surface area contributed by atoms with E-state index in [0.29, 0.717) is 16.6 Å². The molecule has 0 saturated carbocycles. The molecule has 1 unspecified atom stereocenters. The topological polar surface area (TPSA) is 9.23 Å². The predicted octanol–water partition coefficient (Wildman–Crippen LogP) is 4.75. The molecule has 0 radical (unpaired) electrons. The maximum Gasteiger partial charge on any atom is 0.192 e. The summed E-state index contributed by atoms with van der Waals surface area (Å²) in [6, 6.07) is 0. The molecular formula is C14H28OSi. The van der Waals surface area contributed by atoms with Crippen molar-refractivity contribution in [3.8, 4) is 0 Å². The van der Waals surface area contributed by atoms with Crippen molar-refractivity contribution in [2.24, 2.45) is 5.41 Å². The first kappa shape index (κ1) is 14.0. The van der Waals surface area contributed by atoms with Gasteiger partial charge in [-0.2, -0.15) is 0 Å². The van der Waals surface area contributed by atoms with Crippen LogP contribution in [-0.4, -0.2) is 14.4 Å². The van der Waals surface area contributed by atoms with Crippen LogP contribution < -0.4 is 0 Å². The third-order valence-electron chi connectivity index (χ3n) is 4.28. The van der Waals surface area contributed by atoms with E-state index in [-0.39, 0.29) is 0 Å². The zero-order valence-electron chi connectivity index (χ0n) is 12.1. The lowest BCUT2D eigenvalue weighted by Crippen LogP contribution is -2.48. The Morgan fingerprint density at radius 1 is 1.19 bits per heavy atom. The van der Waals surface area contributed by atoms with E-state index in [1.54, 1.807) is 0 Å². The molecular weight excluding hydrogens is 212 g/mol. The van der Waals surface area contributed by atoms with Gasteiger partial charge in [-0.1, -0.05) is 46.8 Å². The van der Waals surface area contributed by atoms with Crippen LogP contribution in [0.3, 0.4) is 0 Å². The lowest BCUT2D eigenvalue weighted by molar-refractivity contribution is 0.0587. The molecule has 1 aliphatic rings. The van der Waals surface area contributed by atoms with Crippen molar-refractivity contribution in [1.82, 2.24) is 0 Å². The average Bonchev–Trinajstić information content (AvgIpc) is 2.06. The van der Waals surface area contributed by atoms with Crippen molar-refractivity contribution in [3.05, 3.63) is 12.2 Å². The fourth-order valence-corrected chi connectivity index (χ4v) is 3.28. The molecule has 0 saturated heterocycles. The van der Waals surface area contributed by atoms with Crippen LogP contribution in [0.25, 0.3) is 0 Å². The van der Waals surface area contributed by atoms with E-state index in [1.165, 1.54) is 0 Å². The van der Waals surface area contributed by atoms with E-state index < -0.39 is 8.32 Å². The Kier molecular flexibility index (Phi) is 3.76. The molecule has 0 fully saturated rings. The highest BCUT2D eigenvalue weighted by molar-refractivity contribution is 6.74. The number of hydrogen-bond acceptors (Lipinski definition) is 1. The Morgan fingerprint density at radius 3 is 2.19 bits per heavy atom. The Hall–Kier alpha value is -0.0831. The Bertz CT molecular complexity index is 271. The summed E-state index contributed by atoms with van der Waals surface area (Å²) in [7, 11) is -1.62. The molecule has 1 aliphatic carbocycles. The fraction of sp³-hybridized carbons (Fsp3) is 0.857. The second-order valence-electron chi connectivity index (χ2n) is 7.27. The van der Waals surface area contributed by atoms with Crippen molar-refractivity contribution in [3.63, 3.8) is 0 Å². The van der Waals surface area contributed by atoms with E-state index in [0.717, 1.165) is 12.8 Å². The van der Waals surface area contributed by atoms with Gasteiger partial charge in [-0.15, -0.1) is 0 Å². The standard InChI is InChI=1S/C14H28OSi/c1-13(2,3)16(6,7)15-12-10-8-9-11-14(12,4)5/h8-9,12H,10-11H2,1-7H3. The van der Waals surface area contributed by atoms with Crippen molar-refractivity contribution < 1.29 is 4.43 Å². The molecule has 1 nitrogen and oxygen atoms in total. The maximum absolute atomic E-state index is 6.55. The molecule has 0 aromatic carbocycles. The molecule has 2 heteroatoms. The molecule has 0 aliphatic heterocycles. The second-order valence-corrected chi connectivity index (χ2v) is 12.0. The first-order valence-electron chi connectivity index (χ1n) is 6.39. The second kappa shape index (κ2) is 4.30. The number of rotatable bonds is 2. The summed E-state index contributed by atoms with van der Waals surface area (Å²) in [6.07, 6.45) is 7.21. The van der Waals surface area contributed by atoms with Gasteiger partial charge in [0.2, 0.25) is 0 Å². The third kappa shape index (κ3) is 2.98. The molecule has 94 valence electrons. The minimum absolute atomic E-state index is 0.296. The van der Waals surface area contributed by atoms with Gasteiger partial charge in [-0.25, -0.2) is 0 Å². The SMILES string of the molecule is CC1(C)CC=CCC1O[Si](C)(C)C(C)(C)C. The summed E-state index contributed by atoms with van der Waals surface area (Å²) in [5.74, 6) is 0. The fourth-order valence-electron chi connectivity index (χ4n) is 1.80. The highest BCUT2D eigenvalue weighted by atomic mass is 28.4. The molecule has 0 aromatic heterocycles. The van der Waals surface area contributed by atoms with Crippen LogP contribution >= 0.6 is 0 Å². The highest BCUT2D eigenvalue weighted by Gasteiger charge is 2.42. The van der Waals surface area contributed by atoms with Crippen LogP contribution in [0.5, 0.6) is 0 Å². The van der Waals surface area contributed by atoms with E-state index >= 15 is 0 Å². The van der Waals surface area contributed by atoms with Gasteiger partial charge in [0.05, 0.1) is 6.10 Å². The molecule has 1 atom stereocenters. The molecule has 1 rings (SSSR count). The largest absolute Gasteiger partial charge is 0.413 e. The lowest BCUT2D eigenvalue weighted by atomic mass is 9.78. The first-order chi connectivity index (χ1) is 7.06. The van der Waals surface area contributed by atoms with Crippen molar-refractivity contribution >= 4 is 8.32 Å². The van der Waals surface area contributed by atoms with Crippen LogP contribution in [-0.2, 0) is 4.43 Å². The van der Waals surface area contributed by atoms with Crippen LogP contribution in [0.1, 0.15) is 47.5 Å². The summed E-state index contributed by atoms with van der Waals surface area (Å²) >= 11 is 0. The molecule has 0 spiro atoms. The predicted molar refractivity (Wildman–Crippen MR) is 74.2 cm³/mol. The maximum atomic E-state index is 6.55. The third-order valence-corrected chi connectivity index (χ3v) is 8.76. The summed E-state index contributed by atoms with van der Waals surface area (Å²) in [4.78, 5) is 0. The van der Waals surface area contributed by atoms with Gasteiger partial charge in [-0.05, 0) is 36.4 Å². The normalized spacial score (nSPS) is 25.8. The van der Waals surface area contributed by atoms with Crippen molar-refractivity contribution in [1.29, 1.82) is 0 Å². The number of allylic oxidation sites excluding steroid dienone is 1. The summed E-state index contributed by atoms with van der Waals surface area (Å²) in [5.41, 5.74) is 0.296. The lowest BCUT2D eigenvalue weighted by Gasteiger charge is -2.45. The van der Waals surface area contributed by atoms with E-state index in [1.807, 2.05) is 0 Å². The summed E-state index contributed by atoms with van der Waals surface area (Å²) in [5, 5.41) is 0.310. The van der Waals surface area contributed by atoms with Crippen LogP contribution in [0, 0.1) is 5.41 Å². The molecule has 0 amide bonds. The van der Waals surface area contributed by atoms with Gasteiger partial charge in [0, 0.05) is 0 Å². The molecule has 0 heterocycles. The zero-order valence-corrected chi connectivity index (χ0v) is 13.1. The Balaban J connectivity index is 2.77. The highest BCUT2D eigenvalue weighted by Crippen LogP contribution is 2.42. The first-order valence-corrected chi connectivity index (χ1v) is 9.30.